The van der Waals surface area contributed by atoms with E-state index >= 15 is 0 Å². The van der Waals surface area contributed by atoms with E-state index in [2.05, 4.69) is 5.32 Å². The van der Waals surface area contributed by atoms with Gasteiger partial charge in [0.1, 0.15) is 12.6 Å². The minimum absolute atomic E-state index is 0.0443. The molecule has 1 N–H and O–H groups in total. The van der Waals surface area contributed by atoms with Crippen molar-refractivity contribution in [3.8, 4) is 0 Å². The Morgan fingerprint density at radius 2 is 1.78 bits per heavy atom. The Hall–Kier alpha value is -2.93. The van der Waals surface area contributed by atoms with Gasteiger partial charge in [0.15, 0.2) is 0 Å². The highest BCUT2D eigenvalue weighted by atomic mass is 35.5. The fraction of sp³-hybridized carbons (Fsp3) is 0.263. The molecule has 8 heteroatoms. The third-order valence-electron chi connectivity index (χ3n) is 3.85. The number of nitrogens with one attached hydrogen (secondary N) is 1. The number of hydrogen-bond acceptors (Lipinski definition) is 5. The molecule has 0 saturated carbocycles. The Morgan fingerprint density at radius 3 is 2.33 bits per heavy atom. The Labute approximate surface area is 161 Å². The van der Waals surface area contributed by atoms with Gasteiger partial charge in [0.25, 0.3) is 11.6 Å². The standard InChI is InChI=1S/C19H19ClN2O5/c1-12(2)17(21-18(23)15-5-3-4-6-16(15)20)19(24)27-11-13-7-9-14(10-8-13)22(25)26/h3-10,12,17H,11H2,1-2H3,(H,21,23). The zero-order valence-electron chi connectivity index (χ0n) is 14.8. The van der Waals surface area contributed by atoms with Gasteiger partial charge in [-0.3, -0.25) is 14.9 Å². The first-order valence-corrected chi connectivity index (χ1v) is 8.62. The summed E-state index contributed by atoms with van der Waals surface area (Å²) in [7, 11) is 0. The van der Waals surface area contributed by atoms with Crippen molar-refractivity contribution >= 4 is 29.2 Å². The van der Waals surface area contributed by atoms with Gasteiger partial charge in [-0.25, -0.2) is 4.79 Å². The van der Waals surface area contributed by atoms with Crippen molar-refractivity contribution < 1.29 is 19.2 Å². The van der Waals surface area contributed by atoms with Gasteiger partial charge in [0, 0.05) is 12.1 Å². The van der Waals surface area contributed by atoms with E-state index < -0.39 is 22.8 Å². The summed E-state index contributed by atoms with van der Waals surface area (Å²) >= 11 is 6.01. The van der Waals surface area contributed by atoms with Crippen LogP contribution in [0.3, 0.4) is 0 Å². The van der Waals surface area contributed by atoms with Crippen LogP contribution in [-0.2, 0) is 16.1 Å². The van der Waals surface area contributed by atoms with E-state index in [1.54, 1.807) is 38.1 Å². The molecule has 2 aromatic carbocycles. The molecule has 0 aromatic heterocycles. The quantitative estimate of drug-likeness (QED) is 0.441. The van der Waals surface area contributed by atoms with Gasteiger partial charge >= 0.3 is 5.97 Å². The predicted octanol–water partition coefficient (Wildman–Crippen LogP) is 3.75. The van der Waals surface area contributed by atoms with Crippen LogP contribution in [0.1, 0.15) is 29.8 Å². The van der Waals surface area contributed by atoms with E-state index in [9.17, 15) is 19.7 Å². The van der Waals surface area contributed by atoms with E-state index in [1.807, 2.05) is 0 Å². The van der Waals surface area contributed by atoms with Gasteiger partial charge in [-0.1, -0.05) is 37.6 Å². The minimum Gasteiger partial charge on any atom is -0.459 e. The molecule has 1 atom stereocenters. The van der Waals surface area contributed by atoms with Crippen LogP contribution in [0.2, 0.25) is 5.02 Å². The molecule has 0 aliphatic rings. The second-order valence-electron chi connectivity index (χ2n) is 6.21. The predicted molar refractivity (Wildman–Crippen MR) is 100 cm³/mol. The summed E-state index contributed by atoms with van der Waals surface area (Å²) in [5, 5.41) is 13.6. The van der Waals surface area contributed by atoms with Crippen molar-refractivity contribution in [2.24, 2.45) is 5.92 Å². The first kappa shape index (κ1) is 20.4. The van der Waals surface area contributed by atoms with Gasteiger partial charge in [-0.2, -0.15) is 0 Å². The number of esters is 1. The maximum Gasteiger partial charge on any atom is 0.329 e. The number of nitrogens with zero attached hydrogens (tertiary/aromatic N) is 1. The van der Waals surface area contributed by atoms with E-state index in [1.165, 1.54) is 24.3 Å². The number of benzene rings is 2. The van der Waals surface area contributed by atoms with Crippen LogP contribution in [0.4, 0.5) is 5.69 Å². The lowest BCUT2D eigenvalue weighted by atomic mass is 10.0. The fourth-order valence-corrected chi connectivity index (χ4v) is 2.54. The van der Waals surface area contributed by atoms with Crippen LogP contribution < -0.4 is 5.32 Å². The van der Waals surface area contributed by atoms with Crippen LogP contribution in [0.25, 0.3) is 0 Å². The van der Waals surface area contributed by atoms with Crippen molar-refractivity contribution in [3.05, 3.63) is 74.8 Å². The molecule has 1 amide bonds. The van der Waals surface area contributed by atoms with E-state index in [-0.39, 0.29) is 28.8 Å². The second kappa shape index (κ2) is 9.14. The molecular weight excluding hydrogens is 372 g/mol. The molecule has 1 unspecified atom stereocenters. The molecule has 2 aromatic rings. The first-order valence-electron chi connectivity index (χ1n) is 8.25. The molecule has 0 bridgehead atoms. The molecule has 7 nitrogen and oxygen atoms in total. The average molecular weight is 391 g/mol. The molecular formula is C19H19ClN2O5. The Bertz CT molecular complexity index is 836. The highest BCUT2D eigenvalue weighted by Gasteiger charge is 2.26. The van der Waals surface area contributed by atoms with Crippen LogP contribution >= 0.6 is 11.6 Å². The second-order valence-corrected chi connectivity index (χ2v) is 6.61. The summed E-state index contributed by atoms with van der Waals surface area (Å²) in [6.45, 7) is 3.51. The molecule has 0 fully saturated rings. The van der Waals surface area contributed by atoms with Gasteiger partial charge in [0.2, 0.25) is 0 Å². The summed E-state index contributed by atoms with van der Waals surface area (Å²) in [6, 6.07) is 11.4. The smallest absolute Gasteiger partial charge is 0.329 e. The molecule has 2 rings (SSSR count). The Kier molecular flexibility index (Phi) is 6.90. The summed E-state index contributed by atoms with van der Waals surface area (Å²) < 4.78 is 5.26. The van der Waals surface area contributed by atoms with Gasteiger partial charge in [-0.05, 0) is 35.7 Å². The highest BCUT2D eigenvalue weighted by molar-refractivity contribution is 6.33. The number of nitro groups is 1. The number of carbonyl (C=O) groups excluding carboxylic acids is 2. The van der Waals surface area contributed by atoms with E-state index in [0.717, 1.165) is 0 Å². The highest BCUT2D eigenvalue weighted by Crippen LogP contribution is 2.16. The molecule has 0 heterocycles. The number of carbonyl (C=O) groups is 2. The SMILES string of the molecule is CC(C)C(NC(=O)c1ccccc1Cl)C(=O)OCc1ccc([N+](=O)[O-])cc1. The van der Waals surface area contributed by atoms with Crippen molar-refractivity contribution in [3.63, 3.8) is 0 Å². The lowest BCUT2D eigenvalue weighted by molar-refractivity contribution is -0.384. The number of halogens is 1. The van der Waals surface area contributed by atoms with Crippen LogP contribution in [0, 0.1) is 16.0 Å². The minimum atomic E-state index is -0.855. The molecule has 0 saturated heterocycles. The van der Waals surface area contributed by atoms with Crippen LogP contribution in [0.5, 0.6) is 0 Å². The molecule has 0 radical (unpaired) electrons. The Morgan fingerprint density at radius 1 is 1.15 bits per heavy atom. The van der Waals surface area contributed by atoms with Crippen LogP contribution in [0.15, 0.2) is 48.5 Å². The normalized spacial score (nSPS) is 11.7. The zero-order valence-corrected chi connectivity index (χ0v) is 15.6. The largest absolute Gasteiger partial charge is 0.459 e. The van der Waals surface area contributed by atoms with Gasteiger partial charge < -0.3 is 10.1 Å². The molecule has 0 aliphatic heterocycles. The summed E-state index contributed by atoms with van der Waals surface area (Å²) in [5.74, 6) is -1.27. The van der Waals surface area contributed by atoms with Crippen LogP contribution in [-0.4, -0.2) is 22.8 Å². The average Bonchev–Trinajstić information content (AvgIpc) is 2.64. The maximum atomic E-state index is 12.4. The monoisotopic (exact) mass is 390 g/mol. The number of ether oxygens (including phenoxy) is 1. The van der Waals surface area contributed by atoms with Gasteiger partial charge in [-0.15, -0.1) is 0 Å². The molecule has 0 aliphatic carbocycles. The Balaban J connectivity index is 2.01. The van der Waals surface area contributed by atoms with Gasteiger partial charge in [0.05, 0.1) is 15.5 Å². The summed E-state index contributed by atoms with van der Waals surface area (Å²) in [4.78, 5) is 35.0. The molecule has 142 valence electrons. The third kappa shape index (κ3) is 5.52. The van der Waals surface area contributed by atoms with E-state index in [4.69, 9.17) is 16.3 Å². The van der Waals surface area contributed by atoms with Crippen molar-refractivity contribution in [1.82, 2.24) is 5.32 Å². The third-order valence-corrected chi connectivity index (χ3v) is 4.18. The summed E-state index contributed by atoms with van der Waals surface area (Å²) in [6.07, 6.45) is 0. The first-order chi connectivity index (χ1) is 12.8. The topological polar surface area (TPSA) is 98.5 Å². The van der Waals surface area contributed by atoms with E-state index in [0.29, 0.717) is 5.56 Å². The van der Waals surface area contributed by atoms with Crippen molar-refractivity contribution in [1.29, 1.82) is 0 Å². The number of hydrogen-bond donors (Lipinski definition) is 1. The number of non-ortho nitro benzene ring substituents is 1. The molecule has 0 spiro atoms. The summed E-state index contributed by atoms with van der Waals surface area (Å²) in [5.41, 5.74) is 0.832. The number of amides is 1. The fourth-order valence-electron chi connectivity index (χ4n) is 2.32. The lowest BCUT2D eigenvalue weighted by Gasteiger charge is -2.21. The molecule has 27 heavy (non-hydrogen) atoms. The van der Waals surface area contributed by atoms with Crippen molar-refractivity contribution in [2.75, 3.05) is 0 Å². The zero-order chi connectivity index (χ0) is 20.0. The number of rotatable bonds is 7. The number of nitro benzene ring substituents is 1. The lowest BCUT2D eigenvalue weighted by Crippen LogP contribution is -2.45. The maximum absolute atomic E-state index is 12.4. The van der Waals surface area contributed by atoms with Crippen molar-refractivity contribution in [2.45, 2.75) is 26.5 Å².